The third-order valence-corrected chi connectivity index (χ3v) is 7.31. The predicted octanol–water partition coefficient (Wildman–Crippen LogP) is 8.73. The van der Waals surface area contributed by atoms with E-state index in [0.717, 1.165) is 0 Å². The normalized spacial score (nSPS) is 13.6. The number of benzene rings is 3. The van der Waals surface area contributed by atoms with Gasteiger partial charge in [-0.3, -0.25) is 0 Å². The number of alkyl halides is 18. The Morgan fingerprint density at radius 3 is 0.696 bits per heavy atom. The van der Waals surface area contributed by atoms with E-state index in [1.807, 2.05) is 0 Å². The molecule has 0 aliphatic heterocycles. The fourth-order valence-corrected chi connectivity index (χ4v) is 5.28. The monoisotopic (exact) mass is 814 g/mol. The summed E-state index contributed by atoms with van der Waals surface area (Å²) in [5.41, 5.74) is -34.9. The van der Waals surface area contributed by atoms with Gasteiger partial charge in [0.25, 0.3) is 0 Å². The van der Waals surface area contributed by atoms with E-state index in [1.54, 1.807) is 0 Å². The predicted molar refractivity (Wildman–Crippen MR) is 144 cm³/mol. The van der Waals surface area contributed by atoms with E-state index < -0.39 is 150 Å². The van der Waals surface area contributed by atoms with Gasteiger partial charge in [0.1, 0.15) is 36.4 Å². The number of nitriles is 6. The van der Waals surface area contributed by atoms with Crippen molar-refractivity contribution in [2.24, 2.45) is 0 Å². The van der Waals surface area contributed by atoms with Crippen LogP contribution in [0.15, 0.2) is 24.3 Å². The summed E-state index contributed by atoms with van der Waals surface area (Å²) in [7, 11) is 0. The molecule has 3 aromatic rings. The first kappa shape index (κ1) is 43.5. The van der Waals surface area contributed by atoms with Crippen LogP contribution in [0.25, 0.3) is 11.1 Å². The highest BCUT2D eigenvalue weighted by molar-refractivity contribution is 5.84. The van der Waals surface area contributed by atoms with Crippen molar-refractivity contribution >= 4 is 11.1 Å². The maximum Gasteiger partial charge on any atom is 0.418 e. The van der Waals surface area contributed by atoms with E-state index >= 15 is 0 Å². The molecule has 0 saturated carbocycles. The van der Waals surface area contributed by atoms with Crippen LogP contribution in [-0.2, 0) is 37.1 Å². The van der Waals surface area contributed by atoms with Crippen molar-refractivity contribution in [1.82, 2.24) is 0 Å². The molecule has 0 bridgehead atoms. The molecular formula is C32H4F18N6. The summed E-state index contributed by atoms with van der Waals surface area (Å²) in [6.45, 7) is 0. The lowest BCUT2D eigenvalue weighted by Crippen LogP contribution is -2.38. The van der Waals surface area contributed by atoms with Crippen LogP contribution in [0.5, 0.6) is 0 Å². The van der Waals surface area contributed by atoms with E-state index in [0.29, 0.717) is 36.4 Å². The molecule has 0 N–H and O–H groups in total. The van der Waals surface area contributed by atoms with Gasteiger partial charge in [-0.15, -0.1) is 0 Å². The zero-order chi connectivity index (χ0) is 43.3. The molecule has 56 heavy (non-hydrogen) atoms. The summed E-state index contributed by atoms with van der Waals surface area (Å²) in [5, 5.41) is 52.3. The van der Waals surface area contributed by atoms with Crippen LogP contribution in [0.3, 0.4) is 0 Å². The highest BCUT2D eigenvalue weighted by Crippen LogP contribution is 2.44. The van der Waals surface area contributed by atoms with Crippen LogP contribution in [-0.4, -0.2) is 0 Å². The quantitative estimate of drug-likeness (QED) is 0.237. The van der Waals surface area contributed by atoms with E-state index in [2.05, 4.69) is 0 Å². The first-order valence-electron chi connectivity index (χ1n) is 13.6. The number of halogens is 18. The molecule has 0 aliphatic rings. The Hall–Kier alpha value is -6.92. The Morgan fingerprint density at radius 2 is 0.554 bits per heavy atom. The molecule has 24 heteroatoms. The second-order valence-electron chi connectivity index (χ2n) is 10.6. The minimum Gasteiger partial charge on any atom is -0.192 e. The molecule has 0 radical (unpaired) electrons. The van der Waals surface area contributed by atoms with Crippen LogP contribution in [0.4, 0.5) is 79.0 Å². The fraction of sp³-hybridized carbons (Fsp3) is 0.188. The van der Waals surface area contributed by atoms with Gasteiger partial charge >= 0.3 is 37.1 Å². The van der Waals surface area contributed by atoms with Gasteiger partial charge in [-0.2, -0.15) is 111 Å². The lowest BCUT2D eigenvalue weighted by atomic mass is 9.84. The molecule has 0 aromatic heterocycles. The van der Waals surface area contributed by atoms with Crippen LogP contribution >= 0.6 is 0 Å². The Balaban J connectivity index is 3.08. The van der Waals surface area contributed by atoms with Crippen molar-refractivity contribution in [3.63, 3.8) is 0 Å². The molecule has 0 amide bonds. The summed E-state index contributed by atoms with van der Waals surface area (Å²) in [5.74, 6) is 0. The molecule has 3 aromatic carbocycles. The largest absolute Gasteiger partial charge is 0.418 e. The van der Waals surface area contributed by atoms with Gasteiger partial charge in [0, 0.05) is 10.4 Å². The van der Waals surface area contributed by atoms with Gasteiger partial charge in [-0.25, -0.2) is 0 Å². The highest BCUT2D eigenvalue weighted by atomic mass is 19.4. The number of rotatable bonds is 2. The minimum absolute atomic E-state index is 0.468. The van der Waals surface area contributed by atoms with Crippen molar-refractivity contribution in [2.45, 2.75) is 37.1 Å². The Bertz CT molecular complexity index is 2310. The third-order valence-electron chi connectivity index (χ3n) is 7.31. The summed E-state index contributed by atoms with van der Waals surface area (Å²) in [4.78, 5) is 0. The topological polar surface area (TPSA) is 143 Å². The van der Waals surface area contributed by atoms with Crippen molar-refractivity contribution in [3.05, 3.63) is 101 Å². The van der Waals surface area contributed by atoms with Crippen molar-refractivity contribution in [3.8, 4) is 36.4 Å². The molecule has 3 rings (SSSR count). The van der Waals surface area contributed by atoms with Crippen molar-refractivity contribution < 1.29 is 79.0 Å². The standard InChI is InChI=1S/C32H4F18N6/c33-27(34,35)19-1-11(2-20(15(19)7-53)28(36,37)38)13(5-51)23-17(9-55)26(32(48,49)50)24(18(10-56)25(23)31(45,46)47)14(6-52)12-3-21(29(39,40)41)16(8-54)22(4-12)30(42,43)44/h1-4H/b23-13-,24-14-. The molecule has 0 unspecified atom stereocenters. The Kier molecular flexibility index (Phi) is 10.9. The second-order valence-corrected chi connectivity index (χ2v) is 10.6. The zero-order valence-corrected chi connectivity index (χ0v) is 25.8. The smallest absolute Gasteiger partial charge is 0.192 e. The van der Waals surface area contributed by atoms with E-state index in [9.17, 15) is 100 Å². The van der Waals surface area contributed by atoms with Gasteiger partial charge < -0.3 is 0 Å². The molecule has 6 nitrogen and oxygen atoms in total. The van der Waals surface area contributed by atoms with E-state index in [4.69, 9.17) is 10.5 Å². The Morgan fingerprint density at radius 1 is 0.339 bits per heavy atom. The molecule has 0 saturated heterocycles. The van der Waals surface area contributed by atoms with Crippen molar-refractivity contribution in [1.29, 1.82) is 31.6 Å². The first-order valence-corrected chi connectivity index (χ1v) is 13.6. The second kappa shape index (κ2) is 14.1. The lowest BCUT2D eigenvalue weighted by Gasteiger charge is -2.21. The van der Waals surface area contributed by atoms with Gasteiger partial charge in [0.05, 0.1) is 66.8 Å². The summed E-state index contributed by atoms with van der Waals surface area (Å²) >= 11 is 0. The molecule has 288 valence electrons. The highest BCUT2D eigenvalue weighted by Gasteiger charge is 2.47. The molecule has 0 aliphatic carbocycles. The molecule has 0 heterocycles. The third kappa shape index (κ3) is 7.82. The number of hydrogen-bond acceptors (Lipinski definition) is 6. The number of nitrogens with zero attached hydrogens (tertiary/aromatic N) is 6. The SMILES string of the molecule is N#C/C(c1cc(C(F)(F)F)c(C#N)c(C(F)(F)F)c1)=c1\c(C#N)c(C(F)(F)F)/c(=C(/C#N)c2cc(C(F)(F)F)c(C#N)c(C(F)(F)F)c2)c(C#N)c1C(F)(F)F. The summed E-state index contributed by atoms with van der Waals surface area (Å²) < 4.78 is 256. The lowest BCUT2D eigenvalue weighted by molar-refractivity contribution is -0.145. The minimum atomic E-state index is -6.46. The first-order chi connectivity index (χ1) is 25.4. The van der Waals surface area contributed by atoms with Crippen LogP contribution in [0.1, 0.15) is 66.8 Å². The molecule has 0 spiro atoms. The van der Waals surface area contributed by atoms with Crippen LogP contribution in [0.2, 0.25) is 0 Å². The maximum absolute atomic E-state index is 14.9. The van der Waals surface area contributed by atoms with Gasteiger partial charge in [-0.05, 0) is 35.4 Å². The van der Waals surface area contributed by atoms with Crippen LogP contribution in [0, 0.1) is 68.0 Å². The summed E-state index contributed by atoms with van der Waals surface area (Å²) in [6.07, 6.45) is -37.0. The van der Waals surface area contributed by atoms with Gasteiger partial charge in [0.15, 0.2) is 0 Å². The van der Waals surface area contributed by atoms with E-state index in [-0.39, 0.29) is 0 Å². The van der Waals surface area contributed by atoms with Gasteiger partial charge in [-0.1, -0.05) is 0 Å². The van der Waals surface area contributed by atoms with Crippen molar-refractivity contribution in [2.75, 3.05) is 0 Å². The molecular weight excluding hydrogens is 810 g/mol. The van der Waals surface area contributed by atoms with E-state index in [1.165, 1.54) is 0 Å². The average molecular weight is 814 g/mol. The fourth-order valence-electron chi connectivity index (χ4n) is 5.28. The maximum atomic E-state index is 14.9. The average Bonchev–Trinajstić information content (AvgIpc) is 3.05. The molecule has 0 atom stereocenters. The van der Waals surface area contributed by atoms with Crippen LogP contribution < -0.4 is 10.4 Å². The number of hydrogen-bond donors (Lipinski definition) is 0. The summed E-state index contributed by atoms with van der Waals surface area (Å²) in [6, 6.07) is 0.863. The zero-order valence-electron chi connectivity index (χ0n) is 25.8. The Labute approximate surface area is 297 Å². The van der Waals surface area contributed by atoms with Gasteiger partial charge in [0.2, 0.25) is 0 Å². The molecule has 0 fully saturated rings.